The number of furan rings is 1. The third-order valence-corrected chi connectivity index (χ3v) is 7.22. The highest BCUT2D eigenvalue weighted by Gasteiger charge is 2.28. The van der Waals surface area contributed by atoms with Gasteiger partial charge in [-0.15, -0.1) is 0 Å². The molecule has 0 radical (unpaired) electrons. The van der Waals surface area contributed by atoms with E-state index in [1.165, 1.54) is 16.6 Å². The van der Waals surface area contributed by atoms with Crippen LogP contribution in [-0.4, -0.2) is 61.9 Å². The van der Waals surface area contributed by atoms with Crippen molar-refractivity contribution >= 4 is 26.9 Å². The SMILES string of the molecule is CCc1oc2ccccc2c1CN(C)C(=O)c1cc(S(=O)(=O)N2CCOCC2)c[nH]1. The van der Waals surface area contributed by atoms with E-state index < -0.39 is 10.0 Å². The van der Waals surface area contributed by atoms with Gasteiger partial charge in [-0.1, -0.05) is 25.1 Å². The van der Waals surface area contributed by atoms with Gasteiger partial charge in [0.1, 0.15) is 21.9 Å². The zero-order valence-corrected chi connectivity index (χ0v) is 17.9. The van der Waals surface area contributed by atoms with Crippen molar-refractivity contribution in [1.29, 1.82) is 0 Å². The van der Waals surface area contributed by atoms with Gasteiger partial charge in [0.25, 0.3) is 5.91 Å². The third kappa shape index (κ3) is 3.76. The molecule has 1 fully saturated rings. The number of hydrogen-bond donors (Lipinski definition) is 1. The number of carbonyl (C=O) groups is 1. The number of aryl methyl sites for hydroxylation is 1. The number of benzene rings is 1. The summed E-state index contributed by atoms with van der Waals surface area (Å²) in [5.41, 5.74) is 2.00. The molecule has 1 aliphatic heterocycles. The van der Waals surface area contributed by atoms with Crippen molar-refractivity contribution in [1.82, 2.24) is 14.2 Å². The number of para-hydroxylation sites is 1. The fourth-order valence-electron chi connectivity index (χ4n) is 3.71. The quantitative estimate of drug-likeness (QED) is 0.647. The maximum atomic E-state index is 13.0. The smallest absolute Gasteiger partial charge is 0.270 e. The van der Waals surface area contributed by atoms with Gasteiger partial charge in [-0.2, -0.15) is 4.31 Å². The molecule has 1 amide bonds. The Morgan fingerprint density at radius 3 is 2.70 bits per heavy atom. The molecule has 4 rings (SSSR count). The second kappa shape index (κ2) is 8.25. The Hall–Kier alpha value is -2.62. The van der Waals surface area contributed by atoms with Gasteiger partial charge < -0.3 is 19.0 Å². The lowest BCUT2D eigenvalue weighted by Gasteiger charge is -2.25. The number of hydrogen-bond acceptors (Lipinski definition) is 5. The molecule has 0 unspecified atom stereocenters. The Morgan fingerprint density at radius 1 is 1.23 bits per heavy atom. The molecule has 160 valence electrons. The van der Waals surface area contributed by atoms with Crippen LogP contribution < -0.4 is 0 Å². The first-order valence-corrected chi connectivity index (χ1v) is 11.4. The van der Waals surface area contributed by atoms with Crippen molar-refractivity contribution in [2.45, 2.75) is 24.8 Å². The Morgan fingerprint density at radius 2 is 1.97 bits per heavy atom. The molecule has 0 bridgehead atoms. The molecule has 1 saturated heterocycles. The molecule has 30 heavy (non-hydrogen) atoms. The van der Waals surface area contributed by atoms with E-state index in [1.54, 1.807) is 11.9 Å². The standard InChI is InChI=1S/C21H25N3O5S/c1-3-19-17(16-6-4-5-7-20(16)29-19)14-23(2)21(25)18-12-15(13-22-18)30(26,27)24-8-10-28-11-9-24/h4-7,12-13,22H,3,8-11,14H2,1-2H3. The predicted octanol–water partition coefficient (Wildman–Crippen LogP) is 2.62. The van der Waals surface area contributed by atoms with Crippen LogP contribution in [0, 0.1) is 0 Å². The summed E-state index contributed by atoms with van der Waals surface area (Å²) >= 11 is 0. The Kier molecular flexibility index (Phi) is 5.68. The summed E-state index contributed by atoms with van der Waals surface area (Å²) < 4.78 is 38.1. The van der Waals surface area contributed by atoms with Crippen LogP contribution in [0.5, 0.6) is 0 Å². The topological polar surface area (TPSA) is 95.8 Å². The number of amides is 1. The van der Waals surface area contributed by atoms with Crippen molar-refractivity contribution in [2.24, 2.45) is 0 Å². The molecular weight excluding hydrogens is 406 g/mol. The first-order valence-electron chi connectivity index (χ1n) is 9.93. The second-order valence-corrected chi connectivity index (χ2v) is 9.22. The number of H-pyrrole nitrogens is 1. The Balaban J connectivity index is 1.54. The van der Waals surface area contributed by atoms with Crippen LogP contribution in [0.1, 0.15) is 28.7 Å². The lowest BCUT2D eigenvalue weighted by Crippen LogP contribution is -2.40. The van der Waals surface area contributed by atoms with Crippen molar-refractivity contribution in [2.75, 3.05) is 33.4 Å². The minimum absolute atomic E-state index is 0.0872. The molecule has 0 spiro atoms. The number of nitrogens with one attached hydrogen (secondary N) is 1. The number of morpholine rings is 1. The van der Waals surface area contributed by atoms with Crippen LogP contribution >= 0.6 is 0 Å². The lowest BCUT2D eigenvalue weighted by atomic mass is 10.1. The second-order valence-electron chi connectivity index (χ2n) is 7.28. The van der Waals surface area contributed by atoms with Gasteiger partial charge in [0.05, 0.1) is 13.2 Å². The number of fused-ring (bicyclic) bond motifs is 1. The highest BCUT2D eigenvalue weighted by Crippen LogP contribution is 2.28. The monoisotopic (exact) mass is 431 g/mol. The Labute approximate surface area is 175 Å². The number of aromatic amines is 1. The number of ether oxygens (including phenoxy) is 1. The fourth-order valence-corrected chi connectivity index (χ4v) is 5.11. The summed E-state index contributed by atoms with van der Waals surface area (Å²) in [4.78, 5) is 17.4. The van der Waals surface area contributed by atoms with Crippen LogP contribution in [0.15, 0.2) is 45.8 Å². The molecule has 1 aliphatic rings. The largest absolute Gasteiger partial charge is 0.461 e. The fraction of sp³-hybridized carbons (Fsp3) is 0.381. The van der Waals surface area contributed by atoms with E-state index in [4.69, 9.17) is 9.15 Å². The molecule has 3 heterocycles. The van der Waals surface area contributed by atoms with E-state index in [9.17, 15) is 13.2 Å². The van der Waals surface area contributed by atoms with E-state index in [1.807, 2.05) is 31.2 Å². The average Bonchev–Trinajstić information content (AvgIpc) is 3.40. The number of aromatic nitrogens is 1. The maximum Gasteiger partial charge on any atom is 0.270 e. The molecule has 1 aromatic carbocycles. The van der Waals surface area contributed by atoms with Gasteiger partial charge in [0.2, 0.25) is 10.0 Å². The summed E-state index contributed by atoms with van der Waals surface area (Å²) in [7, 11) is -1.96. The average molecular weight is 432 g/mol. The predicted molar refractivity (Wildman–Crippen MR) is 112 cm³/mol. The minimum Gasteiger partial charge on any atom is -0.461 e. The van der Waals surface area contributed by atoms with Crippen LogP contribution in [0.4, 0.5) is 0 Å². The maximum absolute atomic E-state index is 13.0. The molecule has 9 heteroatoms. The highest BCUT2D eigenvalue weighted by molar-refractivity contribution is 7.89. The van der Waals surface area contributed by atoms with Gasteiger partial charge in [-0.25, -0.2) is 8.42 Å². The molecule has 1 N–H and O–H groups in total. The van der Waals surface area contributed by atoms with E-state index in [2.05, 4.69) is 4.98 Å². The lowest BCUT2D eigenvalue weighted by molar-refractivity contribution is 0.0730. The number of carbonyl (C=O) groups excluding carboxylic acids is 1. The number of rotatable bonds is 6. The van der Waals surface area contributed by atoms with Gasteiger partial charge in [-0.05, 0) is 12.1 Å². The molecule has 0 aliphatic carbocycles. The van der Waals surface area contributed by atoms with Crippen molar-refractivity contribution < 1.29 is 22.4 Å². The van der Waals surface area contributed by atoms with Crippen LogP contribution in [0.3, 0.4) is 0 Å². The first kappa shape index (κ1) is 20.6. The molecule has 0 saturated carbocycles. The number of nitrogens with zero attached hydrogens (tertiary/aromatic N) is 2. The van der Waals surface area contributed by atoms with Gasteiger partial charge in [0.15, 0.2) is 0 Å². The van der Waals surface area contributed by atoms with Crippen LogP contribution in [0.2, 0.25) is 0 Å². The van der Waals surface area contributed by atoms with Crippen molar-refractivity contribution in [3.05, 3.63) is 53.5 Å². The molecule has 0 atom stereocenters. The zero-order chi connectivity index (χ0) is 21.3. The van der Waals surface area contributed by atoms with E-state index in [-0.39, 0.29) is 16.5 Å². The molecule has 2 aromatic heterocycles. The summed E-state index contributed by atoms with van der Waals surface area (Å²) in [5, 5.41) is 0.982. The summed E-state index contributed by atoms with van der Waals surface area (Å²) in [6, 6.07) is 9.15. The summed E-state index contributed by atoms with van der Waals surface area (Å²) in [5.74, 6) is 0.559. The number of sulfonamides is 1. The van der Waals surface area contributed by atoms with Gasteiger partial charge in [0, 0.05) is 50.2 Å². The summed E-state index contributed by atoms with van der Waals surface area (Å²) in [6.07, 6.45) is 2.09. The molecule has 8 nitrogen and oxygen atoms in total. The van der Waals surface area contributed by atoms with E-state index in [0.717, 1.165) is 28.7 Å². The highest BCUT2D eigenvalue weighted by atomic mass is 32.2. The zero-order valence-electron chi connectivity index (χ0n) is 17.1. The van der Waals surface area contributed by atoms with Crippen molar-refractivity contribution in [3.63, 3.8) is 0 Å². The van der Waals surface area contributed by atoms with Crippen LogP contribution in [-0.2, 0) is 27.7 Å². The first-order chi connectivity index (χ1) is 14.4. The summed E-state index contributed by atoms with van der Waals surface area (Å²) in [6.45, 7) is 3.74. The van der Waals surface area contributed by atoms with Gasteiger partial charge in [-0.3, -0.25) is 4.79 Å². The minimum atomic E-state index is -3.65. The van der Waals surface area contributed by atoms with E-state index >= 15 is 0 Å². The molecular formula is C21H25N3O5S. The third-order valence-electron chi connectivity index (χ3n) is 5.34. The van der Waals surface area contributed by atoms with Crippen molar-refractivity contribution in [3.8, 4) is 0 Å². The van der Waals surface area contributed by atoms with E-state index in [0.29, 0.717) is 32.8 Å². The molecule has 3 aromatic rings. The normalized spacial score (nSPS) is 15.5. The van der Waals surface area contributed by atoms with Gasteiger partial charge >= 0.3 is 0 Å². The Bertz CT molecular complexity index is 1160. The van der Waals surface area contributed by atoms with Crippen LogP contribution in [0.25, 0.3) is 11.0 Å².